The van der Waals surface area contributed by atoms with E-state index in [9.17, 15) is 14.4 Å². The molecule has 2 aliphatic rings. The summed E-state index contributed by atoms with van der Waals surface area (Å²) >= 11 is 1.54. The molecule has 3 aromatic rings. The summed E-state index contributed by atoms with van der Waals surface area (Å²) in [6.45, 7) is -0.392. The second-order valence-corrected chi connectivity index (χ2v) is 8.79. The van der Waals surface area contributed by atoms with Gasteiger partial charge in [0.2, 0.25) is 0 Å². The first-order valence-corrected chi connectivity index (χ1v) is 11.5. The van der Waals surface area contributed by atoms with Crippen molar-refractivity contribution in [1.82, 2.24) is 9.91 Å². The van der Waals surface area contributed by atoms with Gasteiger partial charge in [-0.15, -0.1) is 11.3 Å². The van der Waals surface area contributed by atoms with Crippen LogP contribution in [0.5, 0.6) is 11.5 Å². The van der Waals surface area contributed by atoms with E-state index in [0.29, 0.717) is 29.0 Å². The van der Waals surface area contributed by atoms with Crippen LogP contribution in [0.1, 0.15) is 43.6 Å². The van der Waals surface area contributed by atoms with Crippen LogP contribution in [-0.4, -0.2) is 54.1 Å². The number of carbonyl (C=O) groups excluding carboxylic acids is 3. The van der Waals surface area contributed by atoms with Crippen molar-refractivity contribution in [2.24, 2.45) is 5.10 Å². The Morgan fingerprint density at radius 2 is 1.71 bits per heavy atom. The minimum Gasteiger partial charge on any atom is -0.493 e. The van der Waals surface area contributed by atoms with E-state index in [0.717, 1.165) is 21.1 Å². The predicted octanol–water partition coefficient (Wildman–Crippen LogP) is 3.74. The number of fused-ring (bicyclic) bond motifs is 1. The highest BCUT2D eigenvalue weighted by molar-refractivity contribution is 7.12. The fourth-order valence-corrected chi connectivity index (χ4v) is 4.96. The van der Waals surface area contributed by atoms with Gasteiger partial charge in [0, 0.05) is 6.42 Å². The van der Waals surface area contributed by atoms with Crippen molar-refractivity contribution in [3.63, 3.8) is 0 Å². The lowest BCUT2D eigenvalue weighted by atomic mass is 10.0. The van der Waals surface area contributed by atoms with E-state index in [1.54, 1.807) is 44.6 Å². The summed E-state index contributed by atoms with van der Waals surface area (Å²) in [6.07, 6.45) is 0.490. The molecular formula is C25H21N3O5S. The minimum absolute atomic E-state index is 0.306. The number of rotatable bonds is 6. The number of hydrogen-bond donors (Lipinski definition) is 0. The van der Waals surface area contributed by atoms with Gasteiger partial charge in [-0.1, -0.05) is 24.3 Å². The Bertz CT molecular complexity index is 1280. The average Bonchev–Trinajstić information content (AvgIpc) is 3.60. The Balaban J connectivity index is 1.46. The maximum Gasteiger partial charge on any atom is 0.263 e. The summed E-state index contributed by atoms with van der Waals surface area (Å²) < 4.78 is 10.8. The first-order valence-electron chi connectivity index (χ1n) is 10.6. The van der Waals surface area contributed by atoms with Gasteiger partial charge in [0.05, 0.1) is 42.0 Å². The van der Waals surface area contributed by atoms with Crippen LogP contribution in [0.15, 0.2) is 65.1 Å². The molecule has 0 bridgehead atoms. The van der Waals surface area contributed by atoms with E-state index in [2.05, 4.69) is 5.10 Å². The number of benzene rings is 2. The molecule has 9 heteroatoms. The molecule has 1 aromatic heterocycles. The standard InChI is InChI=1S/C25H21N3O5S/c1-32-20-10-9-15(12-21(20)33-2)19-13-18(22-8-5-11-34-22)26-28(19)23(29)14-27-24(30)16-6-3-4-7-17(16)25(27)31/h3-12,19H,13-14H2,1-2H3. The maximum absolute atomic E-state index is 13.4. The minimum atomic E-state index is -0.474. The zero-order valence-electron chi connectivity index (χ0n) is 18.6. The lowest BCUT2D eigenvalue weighted by Gasteiger charge is -2.24. The van der Waals surface area contributed by atoms with E-state index in [1.807, 2.05) is 29.6 Å². The molecule has 0 N–H and O–H groups in total. The second kappa shape index (κ2) is 8.75. The van der Waals surface area contributed by atoms with Gasteiger partial charge in [-0.3, -0.25) is 19.3 Å². The van der Waals surface area contributed by atoms with Crippen LogP contribution >= 0.6 is 11.3 Å². The normalized spacial score (nSPS) is 17.1. The van der Waals surface area contributed by atoms with Gasteiger partial charge in [0.15, 0.2) is 11.5 Å². The third kappa shape index (κ3) is 3.63. The fraction of sp³-hybridized carbons (Fsp3) is 0.200. The van der Waals surface area contributed by atoms with Crippen LogP contribution < -0.4 is 9.47 Å². The van der Waals surface area contributed by atoms with Crippen LogP contribution in [0.2, 0.25) is 0 Å². The highest BCUT2D eigenvalue weighted by Crippen LogP contribution is 2.38. The van der Waals surface area contributed by atoms with Crippen LogP contribution in [0, 0.1) is 0 Å². The highest BCUT2D eigenvalue weighted by atomic mass is 32.1. The molecule has 172 valence electrons. The van der Waals surface area contributed by atoms with Crippen LogP contribution in [0.3, 0.4) is 0 Å². The summed E-state index contributed by atoms with van der Waals surface area (Å²) in [7, 11) is 3.11. The Morgan fingerprint density at radius 1 is 1.00 bits per heavy atom. The molecule has 5 rings (SSSR count). The number of imide groups is 1. The van der Waals surface area contributed by atoms with Gasteiger partial charge < -0.3 is 9.47 Å². The molecule has 0 aliphatic carbocycles. The summed E-state index contributed by atoms with van der Waals surface area (Å²) in [6, 6.07) is 15.5. The average molecular weight is 476 g/mol. The van der Waals surface area contributed by atoms with Gasteiger partial charge in [0.25, 0.3) is 17.7 Å². The Labute approximate surface area is 200 Å². The van der Waals surface area contributed by atoms with Gasteiger partial charge in [-0.2, -0.15) is 5.10 Å². The van der Waals surface area contributed by atoms with Crippen molar-refractivity contribution < 1.29 is 23.9 Å². The third-order valence-corrected chi connectivity index (χ3v) is 6.85. The summed E-state index contributed by atoms with van der Waals surface area (Å²) in [4.78, 5) is 41.0. The highest BCUT2D eigenvalue weighted by Gasteiger charge is 2.40. The molecule has 0 radical (unpaired) electrons. The quantitative estimate of drug-likeness (QED) is 0.507. The molecule has 3 heterocycles. The number of hydrazone groups is 1. The molecule has 8 nitrogen and oxygen atoms in total. The number of ether oxygens (including phenoxy) is 2. The van der Waals surface area contributed by atoms with Crippen molar-refractivity contribution in [3.8, 4) is 11.5 Å². The van der Waals surface area contributed by atoms with Gasteiger partial charge in [-0.05, 0) is 41.3 Å². The molecule has 0 fully saturated rings. The zero-order chi connectivity index (χ0) is 23.8. The molecule has 1 unspecified atom stereocenters. The molecule has 2 aromatic carbocycles. The number of amides is 3. The molecule has 0 saturated carbocycles. The first-order chi connectivity index (χ1) is 16.5. The molecule has 3 amide bonds. The Morgan fingerprint density at radius 3 is 2.32 bits per heavy atom. The molecule has 34 heavy (non-hydrogen) atoms. The van der Waals surface area contributed by atoms with E-state index in [-0.39, 0.29) is 0 Å². The van der Waals surface area contributed by atoms with Crippen molar-refractivity contribution in [2.75, 3.05) is 20.8 Å². The van der Waals surface area contributed by atoms with Crippen molar-refractivity contribution >= 4 is 34.8 Å². The third-order valence-electron chi connectivity index (χ3n) is 5.94. The monoisotopic (exact) mass is 475 g/mol. The molecule has 0 saturated heterocycles. The SMILES string of the molecule is COc1ccc(C2CC(c3cccs3)=NN2C(=O)CN2C(=O)c3ccccc3C2=O)cc1OC. The number of carbonyl (C=O) groups is 3. The zero-order valence-corrected chi connectivity index (χ0v) is 19.4. The number of hydrogen-bond acceptors (Lipinski definition) is 7. The predicted molar refractivity (Wildman–Crippen MR) is 126 cm³/mol. The van der Waals surface area contributed by atoms with E-state index in [1.165, 1.54) is 16.3 Å². The Kier molecular flexibility index (Phi) is 5.62. The van der Waals surface area contributed by atoms with E-state index >= 15 is 0 Å². The van der Waals surface area contributed by atoms with Crippen LogP contribution in [0.25, 0.3) is 0 Å². The number of thiophene rings is 1. The second-order valence-electron chi connectivity index (χ2n) is 7.84. The maximum atomic E-state index is 13.4. The summed E-state index contributed by atoms with van der Waals surface area (Å²) in [5, 5.41) is 7.94. The molecule has 1 atom stereocenters. The molecular weight excluding hydrogens is 454 g/mol. The van der Waals surface area contributed by atoms with E-state index < -0.39 is 30.3 Å². The number of methoxy groups -OCH3 is 2. The van der Waals surface area contributed by atoms with Crippen molar-refractivity contribution in [3.05, 3.63) is 81.5 Å². The smallest absolute Gasteiger partial charge is 0.263 e. The largest absolute Gasteiger partial charge is 0.493 e. The molecule has 0 spiro atoms. The first kappa shape index (κ1) is 21.8. The van der Waals surface area contributed by atoms with E-state index in [4.69, 9.17) is 9.47 Å². The molecule has 2 aliphatic heterocycles. The lowest BCUT2D eigenvalue weighted by Crippen LogP contribution is -2.41. The topological polar surface area (TPSA) is 88.5 Å². The lowest BCUT2D eigenvalue weighted by molar-refractivity contribution is -0.133. The fourth-order valence-electron chi connectivity index (χ4n) is 4.24. The van der Waals surface area contributed by atoms with Gasteiger partial charge in [0.1, 0.15) is 6.54 Å². The van der Waals surface area contributed by atoms with Crippen LogP contribution in [0.4, 0.5) is 0 Å². The number of nitrogens with zero attached hydrogens (tertiary/aromatic N) is 3. The van der Waals surface area contributed by atoms with Crippen molar-refractivity contribution in [1.29, 1.82) is 0 Å². The Hall–Kier alpha value is -3.98. The van der Waals surface area contributed by atoms with Crippen LogP contribution in [-0.2, 0) is 4.79 Å². The van der Waals surface area contributed by atoms with Gasteiger partial charge in [-0.25, -0.2) is 5.01 Å². The van der Waals surface area contributed by atoms with Gasteiger partial charge >= 0.3 is 0 Å². The van der Waals surface area contributed by atoms with Crippen molar-refractivity contribution in [2.45, 2.75) is 12.5 Å². The summed E-state index contributed by atoms with van der Waals surface area (Å²) in [5.41, 5.74) is 2.19. The summed E-state index contributed by atoms with van der Waals surface area (Å²) in [5.74, 6) is -0.276.